The molecule has 4 heteroatoms. The highest BCUT2D eigenvalue weighted by Crippen LogP contribution is 2.15. The standard InChI is InChI=1S/C15H13ClFNO/c16-13-7-3-1-5-11(13)9-15(19)18-10-12-6-2-4-8-14(12)17/h1-8H,9-10H2,(H,18,19). The molecule has 0 spiro atoms. The predicted molar refractivity (Wildman–Crippen MR) is 73.4 cm³/mol. The van der Waals surface area contributed by atoms with Crippen molar-refractivity contribution in [1.29, 1.82) is 0 Å². The maximum atomic E-state index is 13.4. The summed E-state index contributed by atoms with van der Waals surface area (Å²) in [6.45, 7) is 0.177. The molecule has 0 saturated heterocycles. The van der Waals surface area contributed by atoms with E-state index in [0.29, 0.717) is 10.6 Å². The smallest absolute Gasteiger partial charge is 0.224 e. The summed E-state index contributed by atoms with van der Waals surface area (Å²) in [6, 6.07) is 13.5. The fourth-order valence-corrected chi connectivity index (χ4v) is 1.92. The van der Waals surface area contributed by atoms with E-state index < -0.39 is 0 Å². The van der Waals surface area contributed by atoms with Crippen LogP contribution in [0.1, 0.15) is 11.1 Å². The van der Waals surface area contributed by atoms with Crippen LogP contribution < -0.4 is 5.32 Å². The zero-order valence-corrected chi connectivity index (χ0v) is 11.0. The average molecular weight is 278 g/mol. The Kier molecular flexibility index (Phi) is 4.53. The fourth-order valence-electron chi connectivity index (χ4n) is 1.71. The Morgan fingerprint density at radius 1 is 1.05 bits per heavy atom. The van der Waals surface area contributed by atoms with Crippen molar-refractivity contribution in [1.82, 2.24) is 5.32 Å². The van der Waals surface area contributed by atoms with Gasteiger partial charge in [0, 0.05) is 17.1 Å². The molecular weight excluding hydrogens is 265 g/mol. The number of carbonyl (C=O) groups is 1. The van der Waals surface area contributed by atoms with E-state index in [1.807, 2.05) is 12.1 Å². The number of hydrogen-bond donors (Lipinski definition) is 1. The summed E-state index contributed by atoms with van der Waals surface area (Å²) in [4.78, 5) is 11.8. The van der Waals surface area contributed by atoms with Crippen LogP contribution in [0.3, 0.4) is 0 Å². The summed E-state index contributed by atoms with van der Waals surface area (Å²) in [5.41, 5.74) is 1.23. The molecule has 0 fully saturated rings. The van der Waals surface area contributed by atoms with Gasteiger partial charge >= 0.3 is 0 Å². The third-order valence-corrected chi connectivity index (χ3v) is 3.11. The molecule has 0 aliphatic carbocycles. The Bertz CT molecular complexity index is 586. The van der Waals surface area contributed by atoms with Gasteiger partial charge in [0.05, 0.1) is 6.42 Å². The van der Waals surface area contributed by atoms with Crippen LogP contribution in [0.15, 0.2) is 48.5 Å². The van der Waals surface area contributed by atoms with Gasteiger partial charge in [-0.2, -0.15) is 0 Å². The van der Waals surface area contributed by atoms with E-state index in [2.05, 4.69) is 5.32 Å². The number of nitrogens with one attached hydrogen (secondary N) is 1. The van der Waals surface area contributed by atoms with Crippen molar-refractivity contribution in [3.05, 3.63) is 70.5 Å². The van der Waals surface area contributed by atoms with Gasteiger partial charge in [-0.3, -0.25) is 4.79 Å². The summed E-state index contributed by atoms with van der Waals surface area (Å²) in [5, 5.41) is 3.24. The van der Waals surface area contributed by atoms with Crippen LogP contribution >= 0.6 is 11.6 Å². The SMILES string of the molecule is O=C(Cc1ccccc1Cl)NCc1ccccc1F. The molecule has 2 nitrogen and oxygen atoms in total. The van der Waals surface area contributed by atoms with Gasteiger partial charge in [0.15, 0.2) is 0 Å². The van der Waals surface area contributed by atoms with Gasteiger partial charge in [-0.1, -0.05) is 48.0 Å². The highest BCUT2D eigenvalue weighted by atomic mass is 35.5. The van der Waals surface area contributed by atoms with E-state index >= 15 is 0 Å². The lowest BCUT2D eigenvalue weighted by molar-refractivity contribution is -0.120. The Labute approximate surface area is 116 Å². The molecule has 0 aliphatic heterocycles. The highest BCUT2D eigenvalue weighted by molar-refractivity contribution is 6.31. The van der Waals surface area contributed by atoms with E-state index in [4.69, 9.17) is 11.6 Å². The first-order valence-corrected chi connectivity index (χ1v) is 6.28. The van der Waals surface area contributed by atoms with Crippen molar-refractivity contribution in [3.8, 4) is 0 Å². The molecular formula is C15H13ClFNO. The number of benzene rings is 2. The topological polar surface area (TPSA) is 29.1 Å². The third kappa shape index (κ3) is 3.80. The second kappa shape index (κ2) is 6.34. The highest BCUT2D eigenvalue weighted by Gasteiger charge is 2.07. The van der Waals surface area contributed by atoms with Crippen LogP contribution in [-0.2, 0) is 17.8 Å². The minimum absolute atomic E-state index is 0.177. The van der Waals surface area contributed by atoms with E-state index in [0.717, 1.165) is 5.56 Å². The molecule has 2 aromatic carbocycles. The predicted octanol–water partition coefficient (Wildman–Crippen LogP) is 3.34. The van der Waals surface area contributed by atoms with Crippen LogP contribution in [0.2, 0.25) is 5.02 Å². The summed E-state index contributed by atoms with van der Waals surface area (Å²) in [7, 11) is 0. The van der Waals surface area contributed by atoms with Crippen molar-refractivity contribution in [2.75, 3.05) is 0 Å². The monoisotopic (exact) mass is 277 g/mol. The van der Waals surface area contributed by atoms with Crippen molar-refractivity contribution >= 4 is 17.5 Å². The quantitative estimate of drug-likeness (QED) is 0.912. The van der Waals surface area contributed by atoms with Gasteiger partial charge in [0.1, 0.15) is 5.82 Å². The molecule has 1 N–H and O–H groups in total. The van der Waals surface area contributed by atoms with Crippen molar-refractivity contribution < 1.29 is 9.18 Å². The molecule has 0 unspecified atom stereocenters. The maximum absolute atomic E-state index is 13.4. The molecule has 0 aliphatic rings. The second-order valence-electron chi connectivity index (χ2n) is 4.14. The van der Waals surface area contributed by atoms with E-state index in [-0.39, 0.29) is 24.7 Å². The maximum Gasteiger partial charge on any atom is 0.224 e. The first-order chi connectivity index (χ1) is 9.16. The van der Waals surface area contributed by atoms with Gasteiger partial charge in [-0.05, 0) is 17.7 Å². The molecule has 98 valence electrons. The number of carbonyl (C=O) groups excluding carboxylic acids is 1. The van der Waals surface area contributed by atoms with Crippen molar-refractivity contribution in [2.24, 2.45) is 0 Å². The lowest BCUT2D eigenvalue weighted by Gasteiger charge is -2.07. The Balaban J connectivity index is 1.92. The molecule has 0 radical (unpaired) electrons. The van der Waals surface area contributed by atoms with Crippen LogP contribution in [0.4, 0.5) is 4.39 Å². The molecule has 0 heterocycles. The van der Waals surface area contributed by atoms with Crippen molar-refractivity contribution in [2.45, 2.75) is 13.0 Å². The molecule has 1 amide bonds. The minimum Gasteiger partial charge on any atom is -0.352 e. The van der Waals surface area contributed by atoms with Gasteiger partial charge in [0.25, 0.3) is 0 Å². The molecule has 2 aromatic rings. The van der Waals surface area contributed by atoms with Gasteiger partial charge in [-0.15, -0.1) is 0 Å². The molecule has 0 saturated carbocycles. The minimum atomic E-state index is -0.319. The lowest BCUT2D eigenvalue weighted by atomic mass is 10.1. The molecule has 0 aromatic heterocycles. The lowest BCUT2D eigenvalue weighted by Crippen LogP contribution is -2.25. The summed E-state index contributed by atoms with van der Waals surface area (Å²) in [6.07, 6.45) is 0.189. The zero-order chi connectivity index (χ0) is 13.7. The van der Waals surface area contributed by atoms with Gasteiger partial charge < -0.3 is 5.32 Å². The van der Waals surface area contributed by atoms with Gasteiger partial charge in [-0.25, -0.2) is 4.39 Å². The Hall–Kier alpha value is -1.87. The number of hydrogen-bond acceptors (Lipinski definition) is 1. The number of amides is 1. The second-order valence-corrected chi connectivity index (χ2v) is 4.54. The van der Waals surface area contributed by atoms with Crippen LogP contribution in [0, 0.1) is 5.82 Å². The van der Waals surface area contributed by atoms with E-state index in [1.165, 1.54) is 6.07 Å². The molecule has 0 atom stereocenters. The van der Waals surface area contributed by atoms with Gasteiger partial charge in [0.2, 0.25) is 5.91 Å². The summed E-state index contributed by atoms with van der Waals surface area (Å²) in [5.74, 6) is -0.503. The third-order valence-electron chi connectivity index (χ3n) is 2.74. The average Bonchev–Trinajstić information content (AvgIpc) is 2.40. The normalized spacial score (nSPS) is 10.2. The van der Waals surface area contributed by atoms with E-state index in [9.17, 15) is 9.18 Å². The molecule has 19 heavy (non-hydrogen) atoms. The molecule has 0 bridgehead atoms. The van der Waals surface area contributed by atoms with Crippen LogP contribution in [-0.4, -0.2) is 5.91 Å². The number of rotatable bonds is 4. The summed E-state index contributed by atoms with van der Waals surface area (Å²) >= 11 is 5.97. The largest absolute Gasteiger partial charge is 0.352 e. The Morgan fingerprint density at radius 2 is 1.68 bits per heavy atom. The van der Waals surface area contributed by atoms with E-state index in [1.54, 1.807) is 30.3 Å². The van der Waals surface area contributed by atoms with Crippen LogP contribution in [0.5, 0.6) is 0 Å². The number of halogens is 2. The van der Waals surface area contributed by atoms with Crippen LogP contribution in [0.25, 0.3) is 0 Å². The van der Waals surface area contributed by atoms with Crippen molar-refractivity contribution in [3.63, 3.8) is 0 Å². The summed E-state index contributed by atoms with van der Waals surface area (Å²) < 4.78 is 13.4. The zero-order valence-electron chi connectivity index (χ0n) is 10.2. The Morgan fingerprint density at radius 3 is 2.37 bits per heavy atom. The first-order valence-electron chi connectivity index (χ1n) is 5.90. The molecule has 2 rings (SSSR count). The fraction of sp³-hybridized carbons (Fsp3) is 0.133. The first kappa shape index (κ1) is 13.6.